The molecular formula is C11H11ClFN3O3S. The van der Waals surface area contributed by atoms with Crippen LogP contribution < -0.4 is 10.5 Å². The SMILES string of the molecule is Cc1cc(CNS(=O)(=O)c2cc(N)cc(Cl)c2F)no1. The topological polar surface area (TPSA) is 98.2 Å². The minimum atomic E-state index is -4.10. The maximum Gasteiger partial charge on any atom is 0.243 e. The van der Waals surface area contributed by atoms with Gasteiger partial charge in [-0.25, -0.2) is 17.5 Å². The van der Waals surface area contributed by atoms with Crippen LogP contribution in [0.4, 0.5) is 10.1 Å². The Hall–Kier alpha value is -1.64. The maximum absolute atomic E-state index is 13.8. The van der Waals surface area contributed by atoms with Gasteiger partial charge >= 0.3 is 0 Å². The van der Waals surface area contributed by atoms with Crippen LogP contribution in [0, 0.1) is 12.7 Å². The molecule has 3 N–H and O–H groups in total. The highest BCUT2D eigenvalue weighted by Gasteiger charge is 2.22. The summed E-state index contributed by atoms with van der Waals surface area (Å²) in [4.78, 5) is -0.609. The van der Waals surface area contributed by atoms with Crippen LogP contribution in [-0.4, -0.2) is 13.6 Å². The molecule has 20 heavy (non-hydrogen) atoms. The summed E-state index contributed by atoms with van der Waals surface area (Å²) < 4.78 is 44.8. The first-order valence-corrected chi connectivity index (χ1v) is 7.32. The van der Waals surface area contributed by atoms with Gasteiger partial charge in [-0.2, -0.15) is 0 Å². The molecule has 2 rings (SSSR count). The summed E-state index contributed by atoms with van der Waals surface area (Å²) in [6.45, 7) is 1.54. The zero-order chi connectivity index (χ0) is 14.9. The fourth-order valence-corrected chi connectivity index (χ4v) is 2.94. The van der Waals surface area contributed by atoms with E-state index in [-0.39, 0.29) is 17.3 Å². The molecule has 0 saturated heterocycles. The van der Waals surface area contributed by atoms with Crippen LogP contribution in [0.2, 0.25) is 5.02 Å². The Bertz CT molecular complexity index is 745. The molecule has 1 aromatic carbocycles. The van der Waals surface area contributed by atoms with E-state index in [4.69, 9.17) is 21.9 Å². The van der Waals surface area contributed by atoms with Gasteiger partial charge in [0, 0.05) is 11.8 Å². The van der Waals surface area contributed by atoms with E-state index in [1.165, 1.54) is 0 Å². The fourth-order valence-electron chi connectivity index (χ4n) is 1.53. The molecule has 0 fully saturated rings. The largest absolute Gasteiger partial charge is 0.399 e. The molecule has 0 saturated carbocycles. The van der Waals surface area contributed by atoms with Crippen LogP contribution in [0.15, 0.2) is 27.6 Å². The average Bonchev–Trinajstić information content (AvgIpc) is 2.77. The molecule has 0 spiro atoms. The van der Waals surface area contributed by atoms with Crippen molar-refractivity contribution in [1.29, 1.82) is 0 Å². The van der Waals surface area contributed by atoms with Gasteiger partial charge in [-0.3, -0.25) is 0 Å². The maximum atomic E-state index is 13.8. The minimum Gasteiger partial charge on any atom is -0.399 e. The third-order valence-corrected chi connectivity index (χ3v) is 4.10. The highest BCUT2D eigenvalue weighted by atomic mass is 35.5. The van der Waals surface area contributed by atoms with Gasteiger partial charge in [0.2, 0.25) is 10.0 Å². The summed E-state index contributed by atoms with van der Waals surface area (Å²) in [6, 6.07) is 3.69. The normalized spacial score (nSPS) is 11.8. The monoisotopic (exact) mass is 319 g/mol. The molecule has 2 aromatic rings. The molecule has 0 aliphatic heterocycles. The molecule has 0 radical (unpaired) electrons. The molecular weight excluding hydrogens is 309 g/mol. The summed E-state index contributed by atoms with van der Waals surface area (Å²) in [7, 11) is -4.10. The van der Waals surface area contributed by atoms with E-state index < -0.39 is 20.7 Å². The molecule has 0 aliphatic carbocycles. The summed E-state index contributed by atoms with van der Waals surface area (Å²) in [6.07, 6.45) is 0. The second-order valence-corrected chi connectivity index (χ2v) is 6.21. The molecule has 108 valence electrons. The number of nitrogens with zero attached hydrogens (tertiary/aromatic N) is 1. The number of aromatic nitrogens is 1. The molecule has 0 unspecified atom stereocenters. The Morgan fingerprint density at radius 1 is 1.45 bits per heavy atom. The number of benzene rings is 1. The Kier molecular flexibility index (Phi) is 3.98. The standard InChI is InChI=1S/C11H11ClFN3O3S/c1-6-2-8(16-19-6)5-15-20(17,18)10-4-7(14)3-9(12)11(10)13/h2-4,15H,5,14H2,1H3. The quantitative estimate of drug-likeness (QED) is 0.838. The lowest BCUT2D eigenvalue weighted by Gasteiger charge is -2.08. The van der Waals surface area contributed by atoms with Crippen LogP contribution in [-0.2, 0) is 16.6 Å². The highest BCUT2D eigenvalue weighted by molar-refractivity contribution is 7.89. The molecule has 6 nitrogen and oxygen atoms in total. The van der Waals surface area contributed by atoms with Crippen molar-refractivity contribution in [3.63, 3.8) is 0 Å². The predicted octanol–water partition coefficient (Wildman–Crippen LogP) is 1.84. The Labute approximate surface area is 119 Å². The summed E-state index contributed by atoms with van der Waals surface area (Å²) in [5.41, 5.74) is 5.89. The van der Waals surface area contributed by atoms with E-state index in [1.807, 2.05) is 0 Å². The van der Waals surface area contributed by atoms with Crippen molar-refractivity contribution in [3.8, 4) is 0 Å². The molecule has 0 bridgehead atoms. The van der Waals surface area contributed by atoms with E-state index in [1.54, 1.807) is 13.0 Å². The minimum absolute atomic E-state index is 0.0501. The van der Waals surface area contributed by atoms with Crippen molar-refractivity contribution in [3.05, 3.63) is 40.5 Å². The van der Waals surface area contributed by atoms with E-state index in [0.29, 0.717) is 11.5 Å². The van der Waals surface area contributed by atoms with Gasteiger partial charge < -0.3 is 10.3 Å². The van der Waals surface area contributed by atoms with E-state index in [9.17, 15) is 12.8 Å². The first-order chi connectivity index (χ1) is 9.29. The first-order valence-electron chi connectivity index (χ1n) is 5.46. The van der Waals surface area contributed by atoms with Crippen LogP contribution in [0.1, 0.15) is 11.5 Å². The zero-order valence-corrected chi connectivity index (χ0v) is 11.9. The number of nitrogens with one attached hydrogen (secondary N) is 1. The number of halogens is 2. The molecule has 1 aromatic heterocycles. The van der Waals surface area contributed by atoms with Crippen molar-refractivity contribution in [1.82, 2.24) is 9.88 Å². The number of nitrogen functional groups attached to an aromatic ring is 1. The van der Waals surface area contributed by atoms with Gasteiger partial charge in [0.05, 0.1) is 17.3 Å². The zero-order valence-electron chi connectivity index (χ0n) is 10.4. The molecule has 1 heterocycles. The number of hydrogen-bond acceptors (Lipinski definition) is 5. The highest BCUT2D eigenvalue weighted by Crippen LogP contribution is 2.25. The van der Waals surface area contributed by atoms with Gasteiger partial charge in [-0.05, 0) is 19.1 Å². The van der Waals surface area contributed by atoms with Crippen molar-refractivity contribution in [2.24, 2.45) is 0 Å². The number of hydrogen-bond donors (Lipinski definition) is 2. The number of rotatable bonds is 4. The van der Waals surface area contributed by atoms with Crippen molar-refractivity contribution >= 4 is 27.3 Å². The fraction of sp³-hybridized carbons (Fsp3) is 0.182. The Morgan fingerprint density at radius 3 is 2.75 bits per heavy atom. The molecule has 0 amide bonds. The average molecular weight is 320 g/mol. The summed E-state index contributed by atoms with van der Waals surface area (Å²) >= 11 is 5.57. The van der Waals surface area contributed by atoms with Gasteiger partial charge in [0.25, 0.3) is 0 Å². The molecule has 9 heteroatoms. The van der Waals surface area contributed by atoms with Crippen LogP contribution in [0.3, 0.4) is 0 Å². The van der Waals surface area contributed by atoms with Crippen LogP contribution in [0.5, 0.6) is 0 Å². The van der Waals surface area contributed by atoms with Gasteiger partial charge in [-0.15, -0.1) is 0 Å². The number of sulfonamides is 1. The lowest BCUT2D eigenvalue weighted by molar-refractivity contribution is 0.390. The second-order valence-electron chi connectivity index (χ2n) is 4.07. The van der Waals surface area contributed by atoms with Crippen LogP contribution in [0.25, 0.3) is 0 Å². The first kappa shape index (κ1) is 14.8. The van der Waals surface area contributed by atoms with Crippen molar-refractivity contribution in [2.45, 2.75) is 18.4 Å². The van der Waals surface area contributed by atoms with E-state index in [2.05, 4.69) is 9.88 Å². The van der Waals surface area contributed by atoms with E-state index in [0.717, 1.165) is 12.1 Å². The number of aryl methyl sites for hydroxylation is 1. The predicted molar refractivity (Wildman–Crippen MR) is 71.1 cm³/mol. The van der Waals surface area contributed by atoms with Crippen LogP contribution >= 0.6 is 11.6 Å². The lowest BCUT2D eigenvalue weighted by Crippen LogP contribution is -2.24. The number of anilines is 1. The van der Waals surface area contributed by atoms with E-state index >= 15 is 0 Å². The third kappa shape index (κ3) is 3.09. The molecule has 0 atom stereocenters. The third-order valence-electron chi connectivity index (χ3n) is 2.43. The summed E-state index contributed by atoms with van der Waals surface area (Å²) in [5, 5.41) is 3.26. The van der Waals surface area contributed by atoms with Crippen molar-refractivity contribution < 1.29 is 17.3 Å². The Balaban J connectivity index is 2.27. The Morgan fingerprint density at radius 2 is 2.15 bits per heavy atom. The van der Waals surface area contributed by atoms with Gasteiger partial charge in [0.1, 0.15) is 10.7 Å². The van der Waals surface area contributed by atoms with Gasteiger partial charge in [-0.1, -0.05) is 16.8 Å². The van der Waals surface area contributed by atoms with Gasteiger partial charge in [0.15, 0.2) is 5.82 Å². The number of nitrogens with two attached hydrogens (primary N) is 1. The molecule has 0 aliphatic rings. The summed E-state index contributed by atoms with van der Waals surface area (Å²) in [5.74, 6) is -0.512. The van der Waals surface area contributed by atoms with Crippen molar-refractivity contribution in [2.75, 3.05) is 5.73 Å². The second kappa shape index (κ2) is 5.39. The lowest BCUT2D eigenvalue weighted by atomic mass is 10.3. The smallest absolute Gasteiger partial charge is 0.243 e.